The zero-order chi connectivity index (χ0) is 15.5. The van der Waals surface area contributed by atoms with Crippen molar-refractivity contribution in [3.63, 3.8) is 0 Å². The van der Waals surface area contributed by atoms with Crippen LogP contribution in [0.1, 0.15) is 40.5 Å². The van der Waals surface area contributed by atoms with E-state index in [9.17, 15) is 9.59 Å². The number of carbonyl (C=O) groups excluding carboxylic acids is 1. The van der Waals surface area contributed by atoms with Gasteiger partial charge in [-0.25, -0.2) is 4.79 Å². The fourth-order valence-corrected chi connectivity index (χ4v) is 2.52. The number of ether oxygens (including phenoxy) is 2. The third-order valence-electron chi connectivity index (χ3n) is 3.46. The van der Waals surface area contributed by atoms with Gasteiger partial charge in [-0.05, 0) is 40.5 Å². The summed E-state index contributed by atoms with van der Waals surface area (Å²) in [7, 11) is 1.48. The topological polar surface area (TPSA) is 76.1 Å². The maximum atomic E-state index is 12.2. The molecule has 1 aliphatic rings. The fourth-order valence-electron chi connectivity index (χ4n) is 2.52. The molecule has 1 rings (SSSR count). The van der Waals surface area contributed by atoms with E-state index in [1.807, 2.05) is 20.8 Å². The summed E-state index contributed by atoms with van der Waals surface area (Å²) in [4.78, 5) is 24.9. The van der Waals surface area contributed by atoms with E-state index < -0.39 is 29.7 Å². The molecule has 1 amide bonds. The van der Waals surface area contributed by atoms with Crippen LogP contribution in [-0.2, 0) is 14.3 Å². The van der Waals surface area contributed by atoms with Crippen LogP contribution in [0.15, 0.2) is 0 Å². The minimum atomic E-state index is -0.923. The summed E-state index contributed by atoms with van der Waals surface area (Å²) >= 11 is 0. The number of hydrogen-bond donors (Lipinski definition) is 1. The first kappa shape index (κ1) is 16.8. The van der Waals surface area contributed by atoms with Gasteiger partial charge >= 0.3 is 12.1 Å². The van der Waals surface area contributed by atoms with Crippen LogP contribution in [0.25, 0.3) is 0 Å². The zero-order valence-electron chi connectivity index (χ0n) is 12.9. The molecule has 0 saturated carbocycles. The average Bonchev–Trinajstić information content (AvgIpc) is 2.76. The minimum Gasteiger partial charge on any atom is -0.481 e. The molecule has 6 nitrogen and oxygen atoms in total. The summed E-state index contributed by atoms with van der Waals surface area (Å²) in [5, 5.41) is 9.14. The Morgan fingerprint density at radius 2 is 1.95 bits per heavy atom. The van der Waals surface area contributed by atoms with Gasteiger partial charge in [-0.1, -0.05) is 0 Å². The van der Waals surface area contributed by atoms with Gasteiger partial charge in [0.05, 0.1) is 18.1 Å². The normalized spacial score (nSPS) is 22.4. The van der Waals surface area contributed by atoms with Gasteiger partial charge < -0.3 is 19.5 Å². The van der Waals surface area contributed by atoms with Crippen molar-refractivity contribution in [1.82, 2.24) is 4.90 Å². The Hall–Kier alpha value is -1.30. The third kappa shape index (κ3) is 4.10. The van der Waals surface area contributed by atoms with E-state index in [1.165, 1.54) is 7.11 Å². The Kier molecular flexibility index (Phi) is 5.39. The highest BCUT2D eigenvalue weighted by molar-refractivity contribution is 5.71. The van der Waals surface area contributed by atoms with Crippen molar-refractivity contribution in [1.29, 1.82) is 0 Å². The summed E-state index contributed by atoms with van der Waals surface area (Å²) in [6.07, 6.45) is 0.632. The molecule has 0 radical (unpaired) electrons. The largest absolute Gasteiger partial charge is 0.481 e. The van der Waals surface area contributed by atoms with Crippen LogP contribution >= 0.6 is 0 Å². The molecule has 1 unspecified atom stereocenters. The third-order valence-corrected chi connectivity index (χ3v) is 3.46. The van der Waals surface area contributed by atoms with Crippen molar-refractivity contribution in [2.75, 3.05) is 13.7 Å². The van der Waals surface area contributed by atoms with Gasteiger partial charge in [0.15, 0.2) is 0 Å². The second kappa shape index (κ2) is 6.43. The van der Waals surface area contributed by atoms with Crippen LogP contribution in [0.4, 0.5) is 4.79 Å². The molecule has 1 heterocycles. The van der Waals surface area contributed by atoms with Crippen molar-refractivity contribution in [2.24, 2.45) is 5.92 Å². The van der Waals surface area contributed by atoms with E-state index in [0.29, 0.717) is 6.54 Å². The lowest BCUT2D eigenvalue weighted by Crippen LogP contribution is -2.49. The van der Waals surface area contributed by atoms with E-state index in [4.69, 9.17) is 14.6 Å². The molecular weight excluding hydrogens is 262 g/mol. The second-order valence-electron chi connectivity index (χ2n) is 6.21. The lowest BCUT2D eigenvalue weighted by Gasteiger charge is -2.34. The molecule has 0 aromatic heterocycles. The van der Waals surface area contributed by atoms with Gasteiger partial charge in [0.2, 0.25) is 0 Å². The van der Waals surface area contributed by atoms with Gasteiger partial charge in [0.1, 0.15) is 5.60 Å². The predicted molar refractivity (Wildman–Crippen MR) is 73.6 cm³/mol. The SMILES string of the molecule is COC([C@@H](C)C(=O)O)[C@@H]1CCCN1C(=O)OC(C)(C)C. The molecule has 3 atom stereocenters. The summed E-state index contributed by atoms with van der Waals surface area (Å²) < 4.78 is 10.7. The number of carboxylic acid groups (broad SMARTS) is 1. The van der Waals surface area contributed by atoms with Crippen LogP contribution in [0.2, 0.25) is 0 Å². The number of amides is 1. The lowest BCUT2D eigenvalue weighted by molar-refractivity contribution is -0.147. The number of nitrogens with zero attached hydrogens (tertiary/aromatic N) is 1. The molecule has 0 spiro atoms. The molecule has 1 N–H and O–H groups in total. The quantitative estimate of drug-likeness (QED) is 0.857. The molecular formula is C14H25NO5. The van der Waals surface area contributed by atoms with Gasteiger partial charge in [0.25, 0.3) is 0 Å². The smallest absolute Gasteiger partial charge is 0.410 e. The number of carboxylic acids is 1. The van der Waals surface area contributed by atoms with Crippen LogP contribution in [0, 0.1) is 5.92 Å². The van der Waals surface area contributed by atoms with Crippen LogP contribution in [0.5, 0.6) is 0 Å². The Morgan fingerprint density at radius 1 is 1.35 bits per heavy atom. The van der Waals surface area contributed by atoms with Gasteiger partial charge in [-0.3, -0.25) is 4.79 Å². The second-order valence-corrected chi connectivity index (χ2v) is 6.21. The Bertz CT molecular complexity index is 363. The molecule has 0 aliphatic carbocycles. The zero-order valence-corrected chi connectivity index (χ0v) is 12.9. The first-order valence-electron chi connectivity index (χ1n) is 6.92. The molecule has 0 aromatic rings. The Balaban J connectivity index is 2.82. The molecule has 20 heavy (non-hydrogen) atoms. The molecule has 116 valence electrons. The Morgan fingerprint density at radius 3 is 2.40 bits per heavy atom. The van der Waals surface area contributed by atoms with Crippen LogP contribution in [0.3, 0.4) is 0 Å². The van der Waals surface area contributed by atoms with E-state index in [1.54, 1.807) is 11.8 Å². The highest BCUT2D eigenvalue weighted by Gasteiger charge is 2.41. The molecule has 0 bridgehead atoms. The number of aliphatic carboxylic acids is 1. The van der Waals surface area contributed by atoms with E-state index in [0.717, 1.165) is 12.8 Å². The summed E-state index contributed by atoms with van der Waals surface area (Å²) in [5.74, 6) is -1.60. The van der Waals surface area contributed by atoms with E-state index >= 15 is 0 Å². The molecule has 1 aliphatic heterocycles. The first-order chi connectivity index (χ1) is 9.17. The number of likely N-dealkylation sites (tertiary alicyclic amines) is 1. The van der Waals surface area contributed by atoms with Crippen molar-refractivity contribution < 1.29 is 24.2 Å². The summed E-state index contributed by atoms with van der Waals surface area (Å²) in [5.41, 5.74) is -0.564. The highest BCUT2D eigenvalue weighted by Crippen LogP contribution is 2.27. The van der Waals surface area contributed by atoms with Crippen molar-refractivity contribution >= 4 is 12.1 Å². The van der Waals surface area contributed by atoms with Gasteiger partial charge in [0, 0.05) is 13.7 Å². The predicted octanol–water partition coefficient (Wildman–Crippen LogP) is 2.12. The lowest BCUT2D eigenvalue weighted by atomic mass is 9.96. The average molecular weight is 287 g/mol. The molecule has 1 fully saturated rings. The molecule has 6 heteroatoms. The summed E-state index contributed by atoms with van der Waals surface area (Å²) in [6.45, 7) is 7.60. The minimum absolute atomic E-state index is 0.249. The van der Waals surface area contributed by atoms with Crippen molar-refractivity contribution in [2.45, 2.75) is 58.3 Å². The number of carbonyl (C=O) groups is 2. The van der Waals surface area contributed by atoms with E-state index in [-0.39, 0.29) is 6.04 Å². The number of methoxy groups -OCH3 is 1. The van der Waals surface area contributed by atoms with Crippen molar-refractivity contribution in [3.05, 3.63) is 0 Å². The maximum Gasteiger partial charge on any atom is 0.410 e. The molecule has 1 saturated heterocycles. The fraction of sp³-hybridized carbons (Fsp3) is 0.857. The summed E-state index contributed by atoms with van der Waals surface area (Å²) in [6, 6.07) is -0.249. The van der Waals surface area contributed by atoms with Crippen molar-refractivity contribution in [3.8, 4) is 0 Å². The Labute approximate surface area is 120 Å². The van der Waals surface area contributed by atoms with E-state index in [2.05, 4.69) is 0 Å². The van der Waals surface area contributed by atoms with Gasteiger partial charge in [-0.2, -0.15) is 0 Å². The van der Waals surface area contributed by atoms with Gasteiger partial charge in [-0.15, -0.1) is 0 Å². The van der Waals surface area contributed by atoms with Crippen LogP contribution in [-0.4, -0.2) is 53.5 Å². The monoisotopic (exact) mass is 287 g/mol. The first-order valence-corrected chi connectivity index (χ1v) is 6.92. The standard InChI is InChI=1S/C14H25NO5/c1-9(12(16)17)11(19-5)10-7-6-8-15(10)13(18)20-14(2,3)4/h9-11H,6-8H2,1-5H3,(H,16,17)/t9-,10+,11?/m1/s1. The van der Waals surface area contributed by atoms with Crippen LogP contribution < -0.4 is 0 Å². The maximum absolute atomic E-state index is 12.2. The number of rotatable bonds is 4. The highest BCUT2D eigenvalue weighted by atomic mass is 16.6. The molecule has 0 aromatic carbocycles. The number of hydrogen-bond acceptors (Lipinski definition) is 4.